The molecule has 1 atom stereocenters. The number of hydrogen-bond acceptors (Lipinski definition) is 6. The van der Waals surface area contributed by atoms with Gasteiger partial charge in [0, 0.05) is 10.6 Å². The van der Waals surface area contributed by atoms with E-state index in [-0.39, 0.29) is 16.9 Å². The highest BCUT2D eigenvalue weighted by atomic mass is 32.1. The molecule has 1 amide bonds. The fraction of sp³-hybridized carbons (Fsp3) is 0.167. The molecule has 0 spiro atoms. The third kappa shape index (κ3) is 3.37. The third-order valence-electron chi connectivity index (χ3n) is 5.29. The largest absolute Gasteiger partial charge is 0.506 e. The minimum atomic E-state index is -0.767. The number of hydrogen-bond donors (Lipinski definition) is 1. The summed E-state index contributed by atoms with van der Waals surface area (Å²) in [5.74, 6) is -1.11. The Hall–Kier alpha value is -3.58. The van der Waals surface area contributed by atoms with Gasteiger partial charge in [0.05, 0.1) is 19.8 Å². The second kappa shape index (κ2) is 8.28. The Balaban J connectivity index is 2.02. The molecule has 1 aliphatic rings. The first-order chi connectivity index (χ1) is 15.0. The predicted octanol–water partition coefficient (Wildman–Crippen LogP) is 4.70. The van der Waals surface area contributed by atoms with Gasteiger partial charge in [0.1, 0.15) is 28.9 Å². The van der Waals surface area contributed by atoms with E-state index in [2.05, 4.69) is 0 Å². The van der Waals surface area contributed by atoms with Crippen LogP contribution in [0.25, 0.3) is 5.76 Å². The van der Waals surface area contributed by atoms with Crippen molar-refractivity contribution < 1.29 is 24.2 Å². The first-order valence-electron chi connectivity index (χ1n) is 9.61. The number of ketones is 1. The van der Waals surface area contributed by atoms with Crippen molar-refractivity contribution in [2.24, 2.45) is 0 Å². The van der Waals surface area contributed by atoms with Crippen molar-refractivity contribution in [3.8, 4) is 11.5 Å². The van der Waals surface area contributed by atoms with Gasteiger partial charge in [0.25, 0.3) is 11.7 Å². The summed E-state index contributed by atoms with van der Waals surface area (Å²) in [6.45, 7) is 1.92. The molecule has 6 nitrogen and oxygen atoms in total. The molecule has 7 heteroatoms. The lowest BCUT2D eigenvalue weighted by molar-refractivity contribution is -0.132. The Morgan fingerprint density at radius 2 is 1.61 bits per heavy atom. The molecule has 2 aromatic carbocycles. The van der Waals surface area contributed by atoms with Crippen molar-refractivity contribution in [1.82, 2.24) is 0 Å². The molecule has 1 saturated heterocycles. The van der Waals surface area contributed by atoms with Crippen LogP contribution in [0.2, 0.25) is 0 Å². The second-order valence-electron chi connectivity index (χ2n) is 7.01. The number of thiophene rings is 1. The van der Waals surface area contributed by atoms with Gasteiger partial charge in [-0.05, 0) is 48.2 Å². The number of carbonyl (C=O) groups is 2. The number of anilines is 1. The maximum absolute atomic E-state index is 13.2. The second-order valence-corrected chi connectivity index (χ2v) is 7.96. The molecule has 2 heterocycles. The van der Waals surface area contributed by atoms with Gasteiger partial charge in [-0.25, -0.2) is 0 Å². The maximum Gasteiger partial charge on any atom is 0.300 e. The molecule has 3 aromatic rings. The van der Waals surface area contributed by atoms with E-state index in [9.17, 15) is 14.7 Å². The van der Waals surface area contributed by atoms with Crippen LogP contribution in [0.5, 0.6) is 11.5 Å². The molecule has 1 N–H and O–H groups in total. The van der Waals surface area contributed by atoms with E-state index in [1.807, 2.05) is 24.4 Å². The average molecular weight is 436 g/mol. The Morgan fingerprint density at radius 3 is 2.16 bits per heavy atom. The third-order valence-corrected chi connectivity index (χ3v) is 6.36. The number of aliphatic hydroxyl groups excluding tert-OH is 1. The number of rotatable bonds is 5. The zero-order valence-corrected chi connectivity index (χ0v) is 18.1. The summed E-state index contributed by atoms with van der Waals surface area (Å²) in [4.78, 5) is 28.6. The topological polar surface area (TPSA) is 76.1 Å². The number of Topliss-reactive ketones (excluding diaryl/α,β-unsaturated/α-hetero) is 1. The number of carbonyl (C=O) groups excluding carboxylic acids is 2. The molecule has 1 aliphatic heterocycles. The molecule has 0 aliphatic carbocycles. The van der Waals surface area contributed by atoms with Crippen LogP contribution in [0, 0.1) is 6.92 Å². The lowest BCUT2D eigenvalue weighted by Crippen LogP contribution is -2.29. The van der Waals surface area contributed by atoms with E-state index in [0.717, 1.165) is 10.4 Å². The van der Waals surface area contributed by atoms with E-state index in [0.29, 0.717) is 17.2 Å². The quantitative estimate of drug-likeness (QED) is 0.357. The van der Waals surface area contributed by atoms with Gasteiger partial charge in [-0.2, -0.15) is 0 Å². The molecule has 4 rings (SSSR count). The molecular weight excluding hydrogens is 414 g/mol. The number of amides is 1. The number of benzene rings is 2. The Morgan fingerprint density at radius 1 is 0.968 bits per heavy atom. The average Bonchev–Trinajstić information content (AvgIpc) is 3.33. The van der Waals surface area contributed by atoms with Crippen molar-refractivity contribution in [1.29, 1.82) is 0 Å². The van der Waals surface area contributed by atoms with Crippen LogP contribution in [-0.2, 0) is 9.59 Å². The summed E-state index contributed by atoms with van der Waals surface area (Å²) in [7, 11) is 2.93. The van der Waals surface area contributed by atoms with E-state index in [1.54, 1.807) is 42.5 Å². The first kappa shape index (κ1) is 20.7. The highest BCUT2D eigenvalue weighted by Gasteiger charge is 2.48. The summed E-state index contributed by atoms with van der Waals surface area (Å²) in [6.07, 6.45) is 0. The zero-order chi connectivity index (χ0) is 22.1. The monoisotopic (exact) mass is 435 g/mol. The molecule has 0 radical (unpaired) electrons. The van der Waals surface area contributed by atoms with Crippen molar-refractivity contribution in [3.63, 3.8) is 0 Å². The number of methoxy groups -OCH3 is 2. The van der Waals surface area contributed by atoms with E-state index in [4.69, 9.17) is 9.47 Å². The van der Waals surface area contributed by atoms with E-state index < -0.39 is 17.7 Å². The highest BCUT2D eigenvalue weighted by molar-refractivity contribution is 7.10. The van der Waals surface area contributed by atoms with Gasteiger partial charge in [-0.1, -0.05) is 24.3 Å². The molecule has 1 fully saturated rings. The molecular formula is C24H21NO5S. The Labute approximate surface area is 184 Å². The predicted molar refractivity (Wildman–Crippen MR) is 120 cm³/mol. The normalized spacial score (nSPS) is 17.8. The number of aliphatic hydroxyl groups is 1. The molecule has 1 aromatic heterocycles. The first-order valence-corrected chi connectivity index (χ1v) is 10.5. The number of aryl methyl sites for hydroxylation is 1. The summed E-state index contributed by atoms with van der Waals surface area (Å²) in [5.41, 5.74) is 1.74. The Kier molecular flexibility index (Phi) is 5.52. The summed E-state index contributed by atoms with van der Waals surface area (Å²) >= 11 is 1.43. The van der Waals surface area contributed by atoms with Crippen LogP contribution >= 0.6 is 11.3 Å². The van der Waals surface area contributed by atoms with Crippen LogP contribution in [0.3, 0.4) is 0 Å². The van der Waals surface area contributed by atoms with Gasteiger partial charge in [0.2, 0.25) is 0 Å². The summed E-state index contributed by atoms with van der Waals surface area (Å²) in [6, 6.07) is 15.2. The van der Waals surface area contributed by atoms with Crippen LogP contribution in [-0.4, -0.2) is 31.0 Å². The summed E-state index contributed by atoms with van der Waals surface area (Å²) in [5, 5.41) is 13.3. The van der Waals surface area contributed by atoms with E-state index >= 15 is 0 Å². The molecule has 1 unspecified atom stereocenters. The molecule has 158 valence electrons. The van der Waals surface area contributed by atoms with Crippen molar-refractivity contribution in [3.05, 3.63) is 81.6 Å². The lowest BCUT2D eigenvalue weighted by Gasteiger charge is -2.25. The SMILES string of the molecule is COc1cccc(OC)c1/C(O)=C1\C(=O)C(=O)N(c2ccccc2)C1c1sccc1C. The standard InChI is InChI=1S/C24H21NO5S/c1-14-12-13-31-23(14)20-19(21(26)18-16(29-2)10-7-11-17(18)30-3)22(27)24(28)25(20)15-8-5-4-6-9-15/h4-13,20,26H,1-3H3/b21-19+. The van der Waals surface area contributed by atoms with Gasteiger partial charge < -0.3 is 14.6 Å². The van der Waals surface area contributed by atoms with Crippen LogP contribution in [0.15, 0.2) is 65.6 Å². The Bertz CT molecular complexity index is 1160. The number of nitrogens with zero attached hydrogens (tertiary/aromatic N) is 1. The summed E-state index contributed by atoms with van der Waals surface area (Å²) < 4.78 is 10.8. The van der Waals surface area contributed by atoms with Crippen molar-refractivity contribution in [2.45, 2.75) is 13.0 Å². The molecule has 0 bridgehead atoms. The van der Waals surface area contributed by atoms with Gasteiger partial charge in [-0.15, -0.1) is 11.3 Å². The lowest BCUT2D eigenvalue weighted by atomic mass is 9.97. The van der Waals surface area contributed by atoms with Crippen LogP contribution < -0.4 is 14.4 Å². The van der Waals surface area contributed by atoms with E-state index in [1.165, 1.54) is 30.5 Å². The van der Waals surface area contributed by atoms with Crippen LogP contribution in [0.1, 0.15) is 22.0 Å². The maximum atomic E-state index is 13.2. The van der Waals surface area contributed by atoms with Crippen molar-refractivity contribution in [2.75, 3.05) is 19.1 Å². The molecule has 31 heavy (non-hydrogen) atoms. The number of ether oxygens (including phenoxy) is 2. The molecule has 0 saturated carbocycles. The minimum Gasteiger partial charge on any atom is -0.506 e. The highest BCUT2D eigenvalue weighted by Crippen LogP contribution is 2.46. The number of para-hydroxylation sites is 1. The van der Waals surface area contributed by atoms with Crippen LogP contribution in [0.4, 0.5) is 5.69 Å². The van der Waals surface area contributed by atoms with Gasteiger partial charge >= 0.3 is 0 Å². The van der Waals surface area contributed by atoms with Gasteiger partial charge in [0.15, 0.2) is 0 Å². The van der Waals surface area contributed by atoms with Crippen molar-refractivity contribution >= 4 is 34.5 Å². The minimum absolute atomic E-state index is 0.00204. The fourth-order valence-electron chi connectivity index (χ4n) is 3.82. The zero-order valence-electron chi connectivity index (χ0n) is 17.3. The van der Waals surface area contributed by atoms with Gasteiger partial charge in [-0.3, -0.25) is 14.5 Å². The fourth-order valence-corrected chi connectivity index (χ4v) is 4.84. The smallest absolute Gasteiger partial charge is 0.300 e.